The third-order valence-electron chi connectivity index (χ3n) is 0.378. The average molecular weight is 226 g/mol. The van der Waals surface area contributed by atoms with Gasteiger partial charge in [-0.25, -0.2) is 0 Å². The minimum Gasteiger partial charge on any atom is -0.0926 e. The van der Waals surface area contributed by atoms with Gasteiger partial charge in [-0.1, -0.05) is 50.7 Å². The number of hydrogen-bond donors (Lipinski definition) is 0. The standard InChI is InChI=1S/C3H4BrCl3/c4-2-1-3(5,6)7/h1-2H2. The van der Waals surface area contributed by atoms with Crippen molar-refractivity contribution in [1.82, 2.24) is 0 Å². The summed E-state index contributed by atoms with van der Waals surface area (Å²) in [5, 5.41) is 0.726. The monoisotopic (exact) mass is 224 g/mol. The quantitative estimate of drug-likeness (QED) is 0.603. The maximum absolute atomic E-state index is 5.33. The molecule has 0 N–H and O–H groups in total. The summed E-state index contributed by atoms with van der Waals surface area (Å²) in [4.78, 5) is 0. The van der Waals surface area contributed by atoms with E-state index in [1.54, 1.807) is 0 Å². The zero-order valence-electron chi connectivity index (χ0n) is 3.43. The summed E-state index contributed by atoms with van der Waals surface area (Å²) in [6.45, 7) is 0. The Bertz CT molecular complexity index is 48.6. The van der Waals surface area contributed by atoms with E-state index in [1.807, 2.05) is 0 Å². The number of alkyl halides is 4. The Morgan fingerprint density at radius 3 is 1.71 bits per heavy atom. The van der Waals surface area contributed by atoms with Crippen molar-refractivity contribution in [2.75, 3.05) is 5.33 Å². The van der Waals surface area contributed by atoms with Gasteiger partial charge in [0.15, 0.2) is 3.79 Å². The van der Waals surface area contributed by atoms with Crippen LogP contribution in [0.4, 0.5) is 0 Å². The highest BCUT2D eigenvalue weighted by atomic mass is 79.9. The molecule has 0 atom stereocenters. The van der Waals surface area contributed by atoms with Crippen LogP contribution in [0.25, 0.3) is 0 Å². The summed E-state index contributed by atoms with van der Waals surface area (Å²) >= 11 is 19.1. The molecule has 0 fully saturated rings. The molecule has 0 bridgehead atoms. The van der Waals surface area contributed by atoms with E-state index in [0.29, 0.717) is 6.42 Å². The minimum atomic E-state index is -1.08. The predicted octanol–water partition coefficient (Wildman–Crippen LogP) is 3.14. The topological polar surface area (TPSA) is 0 Å². The van der Waals surface area contributed by atoms with E-state index in [9.17, 15) is 0 Å². The van der Waals surface area contributed by atoms with Crippen LogP contribution in [0.15, 0.2) is 0 Å². The lowest BCUT2D eigenvalue weighted by Gasteiger charge is -2.05. The first-order chi connectivity index (χ1) is 3.06. The van der Waals surface area contributed by atoms with Crippen molar-refractivity contribution < 1.29 is 0 Å². The molecule has 0 unspecified atom stereocenters. The molecule has 0 heterocycles. The second kappa shape index (κ2) is 3.39. The fourth-order valence-electron chi connectivity index (χ4n) is 0.107. The van der Waals surface area contributed by atoms with E-state index >= 15 is 0 Å². The lowest BCUT2D eigenvalue weighted by Crippen LogP contribution is -2.00. The molecule has 0 aromatic carbocycles. The number of rotatable bonds is 1. The van der Waals surface area contributed by atoms with Gasteiger partial charge in [-0.15, -0.1) is 0 Å². The van der Waals surface area contributed by atoms with Crippen molar-refractivity contribution in [3.63, 3.8) is 0 Å². The summed E-state index contributed by atoms with van der Waals surface area (Å²) in [6.07, 6.45) is 0.553. The molecular formula is C3H4BrCl3. The highest BCUT2D eigenvalue weighted by molar-refractivity contribution is 9.09. The molecule has 0 aromatic heterocycles. The summed E-state index contributed by atoms with van der Waals surface area (Å²) in [5.74, 6) is 0. The number of halogens is 4. The van der Waals surface area contributed by atoms with Crippen molar-refractivity contribution in [2.24, 2.45) is 0 Å². The van der Waals surface area contributed by atoms with E-state index in [0.717, 1.165) is 5.33 Å². The molecule has 0 saturated heterocycles. The molecular weight excluding hydrogens is 222 g/mol. The second-order valence-electron chi connectivity index (χ2n) is 1.05. The molecule has 0 aliphatic heterocycles. The van der Waals surface area contributed by atoms with Gasteiger partial charge in [-0.3, -0.25) is 0 Å². The highest BCUT2D eigenvalue weighted by Crippen LogP contribution is 2.30. The van der Waals surface area contributed by atoms with Crippen LogP contribution in [-0.4, -0.2) is 9.12 Å². The van der Waals surface area contributed by atoms with E-state index in [4.69, 9.17) is 34.8 Å². The largest absolute Gasteiger partial charge is 0.191 e. The SMILES string of the molecule is ClC(Cl)(Cl)CCBr. The van der Waals surface area contributed by atoms with Crippen LogP contribution >= 0.6 is 50.7 Å². The predicted molar refractivity (Wildman–Crippen MR) is 38.7 cm³/mol. The molecule has 0 rings (SSSR count). The third-order valence-corrected chi connectivity index (χ3v) is 1.34. The Labute approximate surface area is 66.2 Å². The van der Waals surface area contributed by atoms with Crippen molar-refractivity contribution in [2.45, 2.75) is 10.2 Å². The summed E-state index contributed by atoms with van der Waals surface area (Å²) in [5.41, 5.74) is 0. The van der Waals surface area contributed by atoms with Gasteiger partial charge in [-0.2, -0.15) is 0 Å². The summed E-state index contributed by atoms with van der Waals surface area (Å²) in [6, 6.07) is 0. The molecule has 4 heteroatoms. The lowest BCUT2D eigenvalue weighted by molar-refractivity contribution is 0.996. The van der Waals surface area contributed by atoms with Crippen molar-refractivity contribution in [1.29, 1.82) is 0 Å². The Hall–Kier alpha value is 1.35. The Kier molecular flexibility index (Phi) is 4.04. The lowest BCUT2D eigenvalue weighted by atomic mass is 10.6. The van der Waals surface area contributed by atoms with Gasteiger partial charge in [0.1, 0.15) is 0 Å². The summed E-state index contributed by atoms with van der Waals surface area (Å²) in [7, 11) is 0. The molecule has 0 nitrogen and oxygen atoms in total. The molecule has 0 aliphatic carbocycles. The third kappa shape index (κ3) is 7.35. The van der Waals surface area contributed by atoms with Crippen molar-refractivity contribution in [3.05, 3.63) is 0 Å². The summed E-state index contributed by atoms with van der Waals surface area (Å²) < 4.78 is -1.08. The molecule has 0 amide bonds. The van der Waals surface area contributed by atoms with Crippen LogP contribution in [0.5, 0.6) is 0 Å². The van der Waals surface area contributed by atoms with E-state index < -0.39 is 3.79 Å². The van der Waals surface area contributed by atoms with Crippen LogP contribution in [0, 0.1) is 0 Å². The fraction of sp³-hybridized carbons (Fsp3) is 1.00. The highest BCUT2D eigenvalue weighted by Gasteiger charge is 2.16. The van der Waals surface area contributed by atoms with Gasteiger partial charge < -0.3 is 0 Å². The second-order valence-corrected chi connectivity index (χ2v) is 4.36. The van der Waals surface area contributed by atoms with Crippen LogP contribution in [0.1, 0.15) is 6.42 Å². The van der Waals surface area contributed by atoms with Crippen molar-refractivity contribution in [3.8, 4) is 0 Å². The Balaban J connectivity index is 3.15. The van der Waals surface area contributed by atoms with E-state index in [1.165, 1.54) is 0 Å². The van der Waals surface area contributed by atoms with E-state index in [2.05, 4.69) is 15.9 Å². The first-order valence-electron chi connectivity index (χ1n) is 1.69. The Morgan fingerprint density at radius 1 is 1.29 bits per heavy atom. The molecule has 0 aliphatic rings. The van der Waals surface area contributed by atoms with Crippen LogP contribution < -0.4 is 0 Å². The van der Waals surface area contributed by atoms with Crippen molar-refractivity contribution >= 4 is 50.7 Å². The van der Waals surface area contributed by atoms with Crippen LogP contribution in [0.2, 0.25) is 0 Å². The average Bonchev–Trinajstić information content (AvgIpc) is 1.30. The van der Waals surface area contributed by atoms with Gasteiger partial charge in [0.2, 0.25) is 0 Å². The van der Waals surface area contributed by atoms with E-state index in [-0.39, 0.29) is 0 Å². The molecule has 7 heavy (non-hydrogen) atoms. The molecule has 0 spiro atoms. The van der Waals surface area contributed by atoms with Gasteiger partial charge in [0.05, 0.1) is 0 Å². The number of hydrogen-bond acceptors (Lipinski definition) is 0. The normalized spacial score (nSPS) is 12.0. The zero-order valence-corrected chi connectivity index (χ0v) is 7.28. The fourth-order valence-corrected chi connectivity index (χ4v) is 1.67. The smallest absolute Gasteiger partial charge is 0.0926 e. The van der Waals surface area contributed by atoms with Gasteiger partial charge in [0.25, 0.3) is 0 Å². The molecule has 0 radical (unpaired) electrons. The first-order valence-corrected chi connectivity index (χ1v) is 3.94. The zero-order chi connectivity index (χ0) is 5.91. The molecule has 44 valence electrons. The Morgan fingerprint density at radius 2 is 1.71 bits per heavy atom. The van der Waals surface area contributed by atoms with Gasteiger partial charge >= 0.3 is 0 Å². The minimum absolute atomic E-state index is 0.553. The molecule has 0 aromatic rings. The maximum Gasteiger partial charge on any atom is 0.191 e. The van der Waals surface area contributed by atoms with Crippen LogP contribution in [0.3, 0.4) is 0 Å². The first kappa shape index (κ1) is 8.35. The maximum atomic E-state index is 5.33. The molecule has 0 saturated carbocycles. The van der Waals surface area contributed by atoms with Gasteiger partial charge in [0, 0.05) is 11.8 Å². The van der Waals surface area contributed by atoms with Gasteiger partial charge in [-0.05, 0) is 0 Å². The van der Waals surface area contributed by atoms with Crippen LogP contribution in [-0.2, 0) is 0 Å².